The van der Waals surface area contributed by atoms with Crippen molar-refractivity contribution in [2.75, 3.05) is 34.2 Å². The Bertz CT molecular complexity index is 815. The number of carbonyl (C=O) groups is 1. The summed E-state index contributed by atoms with van der Waals surface area (Å²) in [6, 6.07) is 7.63. The summed E-state index contributed by atoms with van der Waals surface area (Å²) in [5, 5.41) is 12.7. The molecule has 1 heterocycles. The van der Waals surface area contributed by atoms with Crippen molar-refractivity contribution in [1.82, 2.24) is 25.8 Å². The highest BCUT2D eigenvalue weighted by atomic mass is 32.1. The van der Waals surface area contributed by atoms with Gasteiger partial charge in [-0.05, 0) is 37.7 Å². The molecule has 0 aliphatic rings. The molecule has 2 rings (SSSR count). The zero-order chi connectivity index (χ0) is 21.2. The fraction of sp³-hybridized carbons (Fsp3) is 0.476. The lowest BCUT2D eigenvalue weighted by atomic mass is 10.1. The molecule has 158 valence electrons. The van der Waals surface area contributed by atoms with Crippen molar-refractivity contribution in [3.8, 4) is 0 Å². The average Bonchev–Trinajstić information content (AvgIpc) is 3.17. The number of aromatic nitrogens is 1. The summed E-state index contributed by atoms with van der Waals surface area (Å²) in [5.41, 5.74) is 2.80. The van der Waals surface area contributed by atoms with E-state index in [-0.39, 0.29) is 5.91 Å². The van der Waals surface area contributed by atoms with Crippen LogP contribution in [0.25, 0.3) is 0 Å². The molecule has 0 saturated heterocycles. The number of nitrogens with zero attached hydrogens (tertiary/aromatic N) is 3. The van der Waals surface area contributed by atoms with Crippen LogP contribution in [0.4, 0.5) is 0 Å². The highest BCUT2D eigenvalue weighted by molar-refractivity contribution is 7.09. The molecule has 0 bridgehead atoms. The van der Waals surface area contributed by atoms with Crippen LogP contribution in [0, 0.1) is 0 Å². The van der Waals surface area contributed by atoms with Gasteiger partial charge >= 0.3 is 0 Å². The van der Waals surface area contributed by atoms with E-state index in [9.17, 15) is 4.79 Å². The Morgan fingerprint density at radius 1 is 1.21 bits per heavy atom. The highest BCUT2D eigenvalue weighted by Gasteiger charge is 2.08. The first-order chi connectivity index (χ1) is 13.9. The monoisotopic (exact) mass is 416 g/mol. The second-order valence-electron chi connectivity index (χ2n) is 7.36. The Balaban J connectivity index is 1.84. The summed E-state index contributed by atoms with van der Waals surface area (Å²) in [4.78, 5) is 23.2. The minimum atomic E-state index is -0.0547. The summed E-state index contributed by atoms with van der Waals surface area (Å²) >= 11 is 1.65. The largest absolute Gasteiger partial charge is 0.352 e. The second kappa shape index (κ2) is 11.5. The SMILES string of the molecule is CN=C(NCc1cccc(C(=O)NCCN(C)C)c1)NCc1nc(C(C)C)cs1. The zero-order valence-electron chi connectivity index (χ0n) is 18.0. The van der Waals surface area contributed by atoms with Gasteiger partial charge in [0.1, 0.15) is 5.01 Å². The smallest absolute Gasteiger partial charge is 0.251 e. The number of rotatable bonds is 9. The van der Waals surface area contributed by atoms with Crippen LogP contribution in [0.3, 0.4) is 0 Å². The molecule has 0 atom stereocenters. The van der Waals surface area contributed by atoms with Crippen molar-refractivity contribution < 1.29 is 4.79 Å². The van der Waals surface area contributed by atoms with Gasteiger partial charge in [-0.3, -0.25) is 9.79 Å². The Hall–Kier alpha value is -2.45. The molecule has 8 heteroatoms. The van der Waals surface area contributed by atoms with Crippen molar-refractivity contribution >= 4 is 23.2 Å². The minimum Gasteiger partial charge on any atom is -0.352 e. The molecule has 3 N–H and O–H groups in total. The quantitative estimate of drug-likeness (QED) is 0.432. The van der Waals surface area contributed by atoms with Gasteiger partial charge in [0.05, 0.1) is 12.2 Å². The molecule has 29 heavy (non-hydrogen) atoms. The summed E-state index contributed by atoms with van der Waals surface area (Å²) < 4.78 is 0. The maximum Gasteiger partial charge on any atom is 0.251 e. The van der Waals surface area contributed by atoms with Crippen LogP contribution in [0.5, 0.6) is 0 Å². The fourth-order valence-electron chi connectivity index (χ4n) is 2.55. The topological polar surface area (TPSA) is 81.7 Å². The van der Waals surface area contributed by atoms with Gasteiger partial charge in [-0.15, -0.1) is 11.3 Å². The third kappa shape index (κ3) is 7.83. The number of aliphatic imine (C=N–C) groups is 1. The van der Waals surface area contributed by atoms with E-state index in [1.807, 2.05) is 43.3 Å². The number of hydrogen-bond donors (Lipinski definition) is 3. The minimum absolute atomic E-state index is 0.0547. The summed E-state index contributed by atoms with van der Waals surface area (Å²) in [7, 11) is 5.71. The van der Waals surface area contributed by atoms with Crippen LogP contribution in [0.2, 0.25) is 0 Å². The molecular formula is C21H32N6OS. The predicted octanol–water partition coefficient (Wildman–Crippen LogP) is 2.42. The van der Waals surface area contributed by atoms with Gasteiger partial charge in [-0.25, -0.2) is 4.98 Å². The molecule has 2 aromatic rings. The third-order valence-electron chi connectivity index (χ3n) is 4.29. The van der Waals surface area contributed by atoms with Crippen molar-refractivity contribution in [1.29, 1.82) is 0 Å². The molecule has 7 nitrogen and oxygen atoms in total. The number of hydrogen-bond acceptors (Lipinski definition) is 5. The summed E-state index contributed by atoms with van der Waals surface area (Å²) in [6.45, 7) is 6.93. The number of benzene rings is 1. The molecule has 0 fully saturated rings. The van der Waals surface area contributed by atoms with Gasteiger partial charge in [0, 0.05) is 37.6 Å². The summed E-state index contributed by atoms with van der Waals surface area (Å²) in [5.74, 6) is 1.08. The fourth-order valence-corrected chi connectivity index (χ4v) is 3.45. The van der Waals surface area contributed by atoms with Crippen LogP contribution < -0.4 is 16.0 Å². The molecule has 0 aliphatic carbocycles. The zero-order valence-corrected chi connectivity index (χ0v) is 18.8. The molecule has 0 saturated carbocycles. The second-order valence-corrected chi connectivity index (χ2v) is 8.30. The van der Waals surface area contributed by atoms with E-state index in [4.69, 9.17) is 0 Å². The Kier molecular flexibility index (Phi) is 9.08. The highest BCUT2D eigenvalue weighted by Crippen LogP contribution is 2.17. The van der Waals surface area contributed by atoms with Crippen molar-refractivity contribution in [2.24, 2.45) is 4.99 Å². The first kappa shape index (κ1) is 22.8. The first-order valence-corrected chi connectivity index (χ1v) is 10.7. The lowest BCUT2D eigenvalue weighted by molar-refractivity contribution is 0.0951. The molecule has 0 radical (unpaired) electrons. The van der Waals surface area contributed by atoms with E-state index >= 15 is 0 Å². The van der Waals surface area contributed by atoms with E-state index in [1.54, 1.807) is 18.4 Å². The van der Waals surface area contributed by atoms with Crippen molar-refractivity contribution in [3.63, 3.8) is 0 Å². The van der Waals surface area contributed by atoms with E-state index < -0.39 is 0 Å². The van der Waals surface area contributed by atoms with Gasteiger partial charge in [-0.2, -0.15) is 0 Å². The number of likely N-dealkylation sites (N-methyl/N-ethyl adjacent to an activating group) is 1. The normalized spacial score (nSPS) is 11.8. The van der Waals surface area contributed by atoms with Crippen LogP contribution in [0.15, 0.2) is 34.6 Å². The van der Waals surface area contributed by atoms with Gasteiger partial charge in [0.2, 0.25) is 0 Å². The molecule has 1 aromatic heterocycles. The van der Waals surface area contributed by atoms with E-state index in [2.05, 4.69) is 45.2 Å². The predicted molar refractivity (Wildman–Crippen MR) is 121 cm³/mol. The van der Waals surface area contributed by atoms with Crippen molar-refractivity contribution in [3.05, 3.63) is 51.5 Å². The molecule has 0 unspecified atom stereocenters. The maximum absolute atomic E-state index is 12.3. The van der Waals surface area contributed by atoms with Gasteiger partial charge in [0.15, 0.2) is 5.96 Å². The summed E-state index contributed by atoms with van der Waals surface area (Å²) in [6.07, 6.45) is 0. The Morgan fingerprint density at radius 3 is 2.62 bits per heavy atom. The Morgan fingerprint density at radius 2 is 1.97 bits per heavy atom. The molecule has 1 aromatic carbocycles. The standard InChI is InChI=1S/C21H32N6OS/c1-15(2)18-14-29-19(26-18)13-25-21(22-3)24-12-16-7-6-8-17(11-16)20(28)23-9-10-27(4)5/h6-8,11,14-15H,9-10,12-13H2,1-5H3,(H,23,28)(H2,22,24,25). The molecule has 0 spiro atoms. The van der Waals surface area contributed by atoms with Crippen LogP contribution >= 0.6 is 11.3 Å². The van der Waals surface area contributed by atoms with Crippen LogP contribution in [-0.2, 0) is 13.1 Å². The van der Waals surface area contributed by atoms with Crippen molar-refractivity contribution in [2.45, 2.75) is 32.9 Å². The number of guanidine groups is 1. The number of thiazole rings is 1. The van der Waals surface area contributed by atoms with Crippen LogP contribution in [-0.4, -0.2) is 56.0 Å². The number of amides is 1. The van der Waals surface area contributed by atoms with Crippen LogP contribution in [0.1, 0.15) is 46.4 Å². The third-order valence-corrected chi connectivity index (χ3v) is 5.15. The lowest BCUT2D eigenvalue weighted by Gasteiger charge is -2.12. The van der Waals surface area contributed by atoms with E-state index in [0.717, 1.165) is 22.8 Å². The number of nitrogens with one attached hydrogen (secondary N) is 3. The number of carbonyl (C=O) groups excluding carboxylic acids is 1. The average molecular weight is 417 g/mol. The van der Waals surface area contributed by atoms with Gasteiger partial charge in [0.25, 0.3) is 5.91 Å². The maximum atomic E-state index is 12.3. The van der Waals surface area contributed by atoms with Gasteiger partial charge in [-0.1, -0.05) is 26.0 Å². The van der Waals surface area contributed by atoms with E-state index in [1.165, 1.54) is 0 Å². The Labute approximate surface area is 177 Å². The first-order valence-electron chi connectivity index (χ1n) is 9.79. The molecular weight excluding hydrogens is 384 g/mol. The van der Waals surface area contributed by atoms with E-state index in [0.29, 0.717) is 37.1 Å². The molecule has 1 amide bonds. The van der Waals surface area contributed by atoms with Gasteiger partial charge < -0.3 is 20.9 Å². The molecule has 0 aliphatic heterocycles. The lowest BCUT2D eigenvalue weighted by Crippen LogP contribution is -2.36.